The molecule has 1 aliphatic rings. The summed E-state index contributed by atoms with van der Waals surface area (Å²) >= 11 is 6.06. The standard InChI is InChI=1S/C24H16ClN3O/c25-17-12-10-15(11-13-17)20-21(22(29)16-6-2-1-3-7-16)24(20,14-26)23-27-18-8-4-5-9-19(18)28-23/h1-13,20-21H,(H,27,28)/t20-,21+,24+/m0/s1. The molecule has 5 rings (SSSR count). The highest BCUT2D eigenvalue weighted by atomic mass is 35.5. The summed E-state index contributed by atoms with van der Waals surface area (Å²) in [4.78, 5) is 21.4. The van der Waals surface area contributed by atoms with Gasteiger partial charge in [0.05, 0.1) is 23.0 Å². The molecule has 4 aromatic rings. The van der Waals surface area contributed by atoms with E-state index in [2.05, 4.69) is 16.0 Å². The van der Waals surface area contributed by atoms with Gasteiger partial charge in [0.25, 0.3) is 0 Å². The second kappa shape index (κ2) is 6.58. The van der Waals surface area contributed by atoms with Crippen molar-refractivity contribution in [3.8, 4) is 6.07 Å². The van der Waals surface area contributed by atoms with E-state index in [1.807, 2.05) is 54.6 Å². The number of carbonyl (C=O) groups excluding carboxylic acids is 1. The molecule has 0 saturated heterocycles. The molecule has 0 amide bonds. The van der Waals surface area contributed by atoms with Crippen molar-refractivity contribution >= 4 is 28.4 Å². The summed E-state index contributed by atoms with van der Waals surface area (Å²) in [5.74, 6) is -0.322. The molecule has 29 heavy (non-hydrogen) atoms. The van der Waals surface area contributed by atoms with Gasteiger partial charge < -0.3 is 4.98 Å². The fourth-order valence-electron chi connectivity index (χ4n) is 4.29. The topological polar surface area (TPSA) is 69.5 Å². The third-order valence-corrected chi connectivity index (χ3v) is 5.99. The first-order valence-electron chi connectivity index (χ1n) is 9.36. The molecule has 1 aliphatic carbocycles. The van der Waals surface area contributed by atoms with Crippen LogP contribution in [-0.2, 0) is 5.41 Å². The van der Waals surface area contributed by atoms with Gasteiger partial charge in [0.2, 0.25) is 0 Å². The number of hydrogen-bond acceptors (Lipinski definition) is 3. The lowest BCUT2D eigenvalue weighted by Crippen LogP contribution is -2.15. The van der Waals surface area contributed by atoms with Crippen LogP contribution in [0, 0.1) is 17.2 Å². The number of aromatic amines is 1. The zero-order valence-electron chi connectivity index (χ0n) is 15.3. The predicted molar refractivity (Wildman–Crippen MR) is 112 cm³/mol. The van der Waals surface area contributed by atoms with Crippen LogP contribution in [0.3, 0.4) is 0 Å². The lowest BCUT2D eigenvalue weighted by atomic mass is 9.98. The number of imidazole rings is 1. The molecule has 1 saturated carbocycles. The third kappa shape index (κ3) is 2.66. The Bertz CT molecular complexity index is 1220. The molecule has 0 radical (unpaired) electrons. The summed E-state index contributed by atoms with van der Waals surface area (Å²) < 4.78 is 0. The molecule has 1 N–H and O–H groups in total. The summed E-state index contributed by atoms with van der Waals surface area (Å²) in [6.07, 6.45) is 0. The average molecular weight is 398 g/mol. The molecule has 0 unspecified atom stereocenters. The van der Waals surface area contributed by atoms with E-state index in [-0.39, 0.29) is 11.7 Å². The Kier molecular flexibility index (Phi) is 4.01. The number of Topliss-reactive ketones (excluding diaryl/α,β-unsaturated/α-hetero) is 1. The molecule has 5 heteroatoms. The second-order valence-corrected chi connectivity index (χ2v) is 7.76. The SMILES string of the molecule is N#C[C@]1(c2nc3ccccc3[nH]2)[C@@H](C(=O)c2ccccc2)[C@@H]1c1ccc(Cl)cc1. The summed E-state index contributed by atoms with van der Waals surface area (Å²) in [5.41, 5.74) is 2.10. The normalized spacial score (nSPS) is 22.9. The molecule has 140 valence electrons. The molecule has 4 nitrogen and oxygen atoms in total. The van der Waals surface area contributed by atoms with Crippen LogP contribution in [0.2, 0.25) is 5.02 Å². The van der Waals surface area contributed by atoms with Gasteiger partial charge in [-0.3, -0.25) is 4.79 Å². The zero-order valence-corrected chi connectivity index (χ0v) is 16.1. The number of benzene rings is 3. The van der Waals surface area contributed by atoms with Gasteiger partial charge in [-0.05, 0) is 29.8 Å². The first kappa shape index (κ1) is 17.7. The maximum absolute atomic E-state index is 13.4. The van der Waals surface area contributed by atoms with Crippen molar-refractivity contribution in [3.63, 3.8) is 0 Å². The van der Waals surface area contributed by atoms with Crippen molar-refractivity contribution in [1.82, 2.24) is 9.97 Å². The lowest BCUT2D eigenvalue weighted by molar-refractivity contribution is 0.0959. The number of para-hydroxylation sites is 2. The molecule has 1 fully saturated rings. The van der Waals surface area contributed by atoms with Gasteiger partial charge in [-0.25, -0.2) is 4.98 Å². The van der Waals surface area contributed by atoms with Gasteiger partial charge in [-0.15, -0.1) is 0 Å². The zero-order chi connectivity index (χ0) is 20.0. The van der Waals surface area contributed by atoms with Crippen LogP contribution >= 0.6 is 11.6 Å². The minimum atomic E-state index is -1.04. The number of rotatable bonds is 4. The Labute approximate surface area is 172 Å². The number of hydrogen-bond donors (Lipinski definition) is 1. The average Bonchev–Trinajstić information content (AvgIpc) is 3.25. The van der Waals surface area contributed by atoms with E-state index < -0.39 is 11.3 Å². The Morgan fingerprint density at radius 2 is 1.69 bits per heavy atom. The monoisotopic (exact) mass is 397 g/mol. The van der Waals surface area contributed by atoms with Crippen molar-refractivity contribution in [2.24, 2.45) is 5.92 Å². The Morgan fingerprint density at radius 1 is 1.00 bits per heavy atom. The van der Waals surface area contributed by atoms with E-state index in [0.717, 1.165) is 16.6 Å². The molecule has 1 heterocycles. The van der Waals surface area contributed by atoms with E-state index in [4.69, 9.17) is 11.6 Å². The second-order valence-electron chi connectivity index (χ2n) is 7.32. The molecule has 3 atom stereocenters. The van der Waals surface area contributed by atoms with Gasteiger partial charge in [-0.1, -0.05) is 66.2 Å². The van der Waals surface area contributed by atoms with Crippen molar-refractivity contribution in [3.05, 3.63) is 101 Å². The number of aromatic nitrogens is 2. The number of fused-ring (bicyclic) bond motifs is 1. The molecule has 0 bridgehead atoms. The van der Waals surface area contributed by atoms with Crippen molar-refractivity contribution in [2.75, 3.05) is 0 Å². The van der Waals surface area contributed by atoms with Gasteiger partial charge in [-0.2, -0.15) is 5.26 Å². The Hall–Kier alpha value is -3.42. The lowest BCUT2D eigenvalue weighted by Gasteiger charge is -2.06. The van der Waals surface area contributed by atoms with Crippen LogP contribution in [0.4, 0.5) is 0 Å². The molecule has 0 aliphatic heterocycles. The summed E-state index contributed by atoms with van der Waals surface area (Å²) in [6.45, 7) is 0. The molecule has 1 aromatic heterocycles. The van der Waals surface area contributed by atoms with E-state index in [1.165, 1.54) is 0 Å². The third-order valence-electron chi connectivity index (χ3n) is 5.74. The molecule has 3 aromatic carbocycles. The van der Waals surface area contributed by atoms with Crippen molar-refractivity contribution < 1.29 is 4.79 Å². The van der Waals surface area contributed by atoms with Crippen LogP contribution in [0.5, 0.6) is 0 Å². The number of nitrogens with zero attached hydrogens (tertiary/aromatic N) is 2. The summed E-state index contributed by atoms with van der Waals surface area (Å²) in [7, 11) is 0. The van der Waals surface area contributed by atoms with Crippen LogP contribution in [-0.4, -0.2) is 15.8 Å². The fourth-order valence-corrected chi connectivity index (χ4v) is 4.41. The number of carbonyl (C=O) groups is 1. The van der Waals surface area contributed by atoms with E-state index in [1.54, 1.807) is 24.3 Å². The maximum Gasteiger partial charge on any atom is 0.168 e. The Morgan fingerprint density at radius 3 is 2.38 bits per heavy atom. The van der Waals surface area contributed by atoms with Gasteiger partial charge in [0.1, 0.15) is 11.2 Å². The molecular formula is C24H16ClN3O. The van der Waals surface area contributed by atoms with Crippen molar-refractivity contribution in [2.45, 2.75) is 11.3 Å². The highest BCUT2D eigenvalue weighted by Gasteiger charge is 2.72. The van der Waals surface area contributed by atoms with Gasteiger partial charge >= 0.3 is 0 Å². The van der Waals surface area contributed by atoms with E-state index in [9.17, 15) is 10.1 Å². The van der Waals surface area contributed by atoms with Crippen LogP contribution in [0.1, 0.15) is 27.7 Å². The van der Waals surface area contributed by atoms with E-state index >= 15 is 0 Å². The highest BCUT2D eigenvalue weighted by molar-refractivity contribution is 6.30. The fraction of sp³-hybridized carbons (Fsp3) is 0.125. The van der Waals surface area contributed by atoms with Gasteiger partial charge in [0.15, 0.2) is 5.78 Å². The predicted octanol–water partition coefficient (Wildman–Crippen LogP) is 5.27. The largest absolute Gasteiger partial charge is 0.341 e. The number of nitrogens with one attached hydrogen (secondary N) is 1. The van der Waals surface area contributed by atoms with Crippen LogP contribution < -0.4 is 0 Å². The van der Waals surface area contributed by atoms with Crippen LogP contribution in [0.15, 0.2) is 78.9 Å². The number of halogens is 1. The molecular weight excluding hydrogens is 382 g/mol. The maximum atomic E-state index is 13.4. The Balaban J connectivity index is 1.66. The first-order chi connectivity index (χ1) is 14.1. The highest BCUT2D eigenvalue weighted by Crippen LogP contribution is 2.65. The quantitative estimate of drug-likeness (QED) is 0.476. The van der Waals surface area contributed by atoms with Crippen molar-refractivity contribution in [1.29, 1.82) is 5.26 Å². The first-order valence-corrected chi connectivity index (χ1v) is 9.74. The number of ketones is 1. The smallest absolute Gasteiger partial charge is 0.168 e. The minimum Gasteiger partial charge on any atom is -0.341 e. The van der Waals surface area contributed by atoms with E-state index in [0.29, 0.717) is 16.4 Å². The van der Waals surface area contributed by atoms with Crippen LogP contribution in [0.25, 0.3) is 11.0 Å². The summed E-state index contributed by atoms with van der Waals surface area (Å²) in [6, 6.07) is 26.6. The van der Waals surface area contributed by atoms with Gasteiger partial charge in [0, 0.05) is 16.5 Å². The summed E-state index contributed by atoms with van der Waals surface area (Å²) in [5, 5.41) is 10.9. The number of H-pyrrole nitrogens is 1. The molecule has 0 spiro atoms. The number of nitriles is 1. The minimum absolute atomic E-state index is 0.0486.